The molecule has 8 nitrogen and oxygen atoms in total. The lowest BCUT2D eigenvalue weighted by Gasteiger charge is -2.10. The van der Waals surface area contributed by atoms with Crippen LogP contribution >= 0.6 is 0 Å². The number of nitrogens with one attached hydrogen (secondary N) is 2. The molecule has 0 saturated heterocycles. The largest absolute Gasteiger partial charge is 0.487 e. The molecule has 0 saturated carbocycles. The van der Waals surface area contributed by atoms with Crippen LogP contribution in [0.2, 0.25) is 0 Å². The first-order valence-corrected chi connectivity index (χ1v) is 8.33. The third kappa shape index (κ3) is 5.96. The van der Waals surface area contributed by atoms with Crippen molar-refractivity contribution in [2.45, 2.75) is 13.3 Å². The van der Waals surface area contributed by atoms with E-state index in [-0.39, 0.29) is 18.0 Å². The second-order valence-electron chi connectivity index (χ2n) is 4.29. The number of sulfonamides is 1. The Hall–Kier alpha value is -1.87. The fourth-order valence-corrected chi connectivity index (χ4v) is 2.21. The number of nitro benzene ring substituents is 1. The topological polar surface area (TPSA) is 111 Å². The summed E-state index contributed by atoms with van der Waals surface area (Å²) in [5.74, 6) is 0.210. The summed E-state index contributed by atoms with van der Waals surface area (Å²) in [6.45, 7) is 2.76. The van der Waals surface area contributed by atoms with Crippen molar-refractivity contribution in [1.82, 2.24) is 4.72 Å². The van der Waals surface area contributed by atoms with Gasteiger partial charge in [-0.25, -0.2) is 13.1 Å². The number of nitrogens with zero attached hydrogens (tertiary/aromatic N) is 1. The Bertz CT molecular complexity index is 589. The Labute approximate surface area is 123 Å². The number of ether oxygens (including phenoxy) is 1. The molecule has 0 aliphatic heterocycles. The van der Waals surface area contributed by atoms with Crippen molar-refractivity contribution in [3.05, 3.63) is 28.3 Å². The summed E-state index contributed by atoms with van der Waals surface area (Å²) in [5, 5.41) is 14.1. The smallest absolute Gasteiger partial charge is 0.333 e. The molecular weight excluding hydrogens is 298 g/mol. The van der Waals surface area contributed by atoms with E-state index in [1.807, 2.05) is 0 Å². The number of nitro groups is 1. The molecular formula is C12H19N3O5S. The van der Waals surface area contributed by atoms with Crippen LogP contribution in [0.4, 0.5) is 11.4 Å². The Morgan fingerprint density at radius 2 is 2.05 bits per heavy atom. The predicted octanol–water partition coefficient (Wildman–Crippen LogP) is 1.34. The summed E-state index contributed by atoms with van der Waals surface area (Å²) in [7, 11) is -3.21. The van der Waals surface area contributed by atoms with E-state index in [0.29, 0.717) is 25.3 Å². The second-order valence-corrected chi connectivity index (χ2v) is 6.12. The van der Waals surface area contributed by atoms with Gasteiger partial charge in [-0.15, -0.1) is 0 Å². The Balaban J connectivity index is 2.66. The van der Waals surface area contributed by atoms with Gasteiger partial charge in [0.2, 0.25) is 10.0 Å². The fourth-order valence-electron chi connectivity index (χ4n) is 1.69. The maximum Gasteiger partial charge on any atom is 0.333 e. The van der Waals surface area contributed by atoms with Gasteiger partial charge in [0.15, 0.2) is 5.75 Å². The van der Waals surface area contributed by atoms with E-state index in [2.05, 4.69) is 10.0 Å². The average Bonchev–Trinajstić information content (AvgIpc) is 2.37. The summed E-state index contributed by atoms with van der Waals surface area (Å²) in [5.41, 5.74) is 0.237. The minimum atomic E-state index is -3.21. The van der Waals surface area contributed by atoms with Gasteiger partial charge in [0.25, 0.3) is 0 Å². The zero-order valence-corrected chi connectivity index (χ0v) is 12.8. The van der Waals surface area contributed by atoms with Gasteiger partial charge in [0.1, 0.15) is 5.69 Å². The molecule has 0 bridgehead atoms. The molecule has 1 aromatic rings. The molecule has 0 radical (unpaired) electrons. The van der Waals surface area contributed by atoms with Gasteiger partial charge in [-0.3, -0.25) is 10.1 Å². The molecule has 118 valence electrons. The third-order valence-corrected chi connectivity index (χ3v) is 3.24. The van der Waals surface area contributed by atoms with Crippen LogP contribution in [-0.4, -0.2) is 39.3 Å². The monoisotopic (exact) mass is 317 g/mol. The fraction of sp³-hybridized carbons (Fsp3) is 0.500. The van der Waals surface area contributed by atoms with Crippen molar-refractivity contribution in [3.8, 4) is 5.75 Å². The molecule has 2 N–H and O–H groups in total. The highest BCUT2D eigenvalue weighted by atomic mass is 32.2. The second kappa shape index (κ2) is 7.79. The van der Waals surface area contributed by atoms with E-state index in [4.69, 9.17) is 4.74 Å². The number of para-hydroxylation sites is 1. The predicted molar refractivity (Wildman–Crippen MR) is 80.2 cm³/mol. The zero-order valence-electron chi connectivity index (χ0n) is 12.0. The van der Waals surface area contributed by atoms with Crippen LogP contribution in [0, 0.1) is 10.1 Å². The molecule has 0 heterocycles. The SMILES string of the molecule is CCOc1cccc(NCCCNS(C)(=O)=O)c1[N+](=O)[O-]. The lowest BCUT2D eigenvalue weighted by Crippen LogP contribution is -2.24. The molecule has 1 aromatic carbocycles. The summed E-state index contributed by atoms with van der Waals surface area (Å²) in [6, 6.07) is 4.79. The lowest BCUT2D eigenvalue weighted by atomic mass is 10.2. The van der Waals surface area contributed by atoms with Crippen molar-refractivity contribution in [1.29, 1.82) is 0 Å². The summed E-state index contributed by atoms with van der Waals surface area (Å²) >= 11 is 0. The summed E-state index contributed by atoms with van der Waals surface area (Å²) in [6.07, 6.45) is 1.58. The number of hydrogen-bond acceptors (Lipinski definition) is 6. The van der Waals surface area contributed by atoms with Crippen LogP contribution in [0.15, 0.2) is 18.2 Å². The van der Waals surface area contributed by atoms with Gasteiger partial charge in [-0.2, -0.15) is 0 Å². The van der Waals surface area contributed by atoms with Gasteiger partial charge < -0.3 is 10.1 Å². The molecule has 0 aliphatic rings. The summed E-state index contributed by atoms with van der Waals surface area (Å²) in [4.78, 5) is 10.6. The molecule has 9 heteroatoms. The van der Waals surface area contributed by atoms with Crippen molar-refractivity contribution in [2.75, 3.05) is 31.3 Å². The minimum Gasteiger partial charge on any atom is -0.487 e. The maximum atomic E-state index is 11.1. The van der Waals surface area contributed by atoms with Gasteiger partial charge in [0, 0.05) is 13.1 Å². The van der Waals surface area contributed by atoms with E-state index in [9.17, 15) is 18.5 Å². The average molecular weight is 317 g/mol. The van der Waals surface area contributed by atoms with Crippen molar-refractivity contribution in [2.24, 2.45) is 0 Å². The Kier molecular flexibility index (Phi) is 6.38. The molecule has 0 aromatic heterocycles. The van der Waals surface area contributed by atoms with Crippen LogP contribution in [0.5, 0.6) is 5.75 Å². The lowest BCUT2D eigenvalue weighted by molar-refractivity contribution is -0.384. The molecule has 1 rings (SSSR count). The maximum absolute atomic E-state index is 11.1. The van der Waals surface area contributed by atoms with Gasteiger partial charge in [-0.05, 0) is 25.5 Å². The van der Waals surface area contributed by atoms with Crippen LogP contribution < -0.4 is 14.8 Å². The highest BCUT2D eigenvalue weighted by Gasteiger charge is 2.20. The van der Waals surface area contributed by atoms with E-state index < -0.39 is 14.9 Å². The normalized spacial score (nSPS) is 11.1. The van der Waals surface area contributed by atoms with Crippen LogP contribution in [0.1, 0.15) is 13.3 Å². The van der Waals surface area contributed by atoms with Crippen LogP contribution in [-0.2, 0) is 10.0 Å². The Morgan fingerprint density at radius 3 is 2.62 bits per heavy atom. The molecule has 0 spiro atoms. The molecule has 21 heavy (non-hydrogen) atoms. The number of benzene rings is 1. The highest BCUT2D eigenvalue weighted by molar-refractivity contribution is 7.88. The molecule has 0 fully saturated rings. The summed E-state index contributed by atoms with van der Waals surface area (Å²) < 4.78 is 29.4. The van der Waals surface area contributed by atoms with E-state index in [1.54, 1.807) is 19.1 Å². The van der Waals surface area contributed by atoms with Gasteiger partial charge in [0.05, 0.1) is 17.8 Å². The standard InChI is InChI=1S/C12H19N3O5S/c1-3-20-11-7-4-6-10(12(11)15(16)17)13-8-5-9-14-21(2,18)19/h4,6-7,13-14H,3,5,8-9H2,1-2H3. The molecule has 0 aliphatic carbocycles. The van der Waals surface area contributed by atoms with Gasteiger partial charge >= 0.3 is 5.69 Å². The Morgan fingerprint density at radius 1 is 1.33 bits per heavy atom. The third-order valence-electron chi connectivity index (χ3n) is 2.51. The molecule has 0 amide bonds. The van der Waals surface area contributed by atoms with E-state index in [0.717, 1.165) is 6.26 Å². The molecule has 0 atom stereocenters. The quantitative estimate of drug-likeness (QED) is 0.404. The molecule has 0 unspecified atom stereocenters. The number of rotatable bonds is 9. The van der Waals surface area contributed by atoms with Crippen molar-refractivity contribution < 1.29 is 18.1 Å². The van der Waals surface area contributed by atoms with Gasteiger partial charge in [-0.1, -0.05) is 6.07 Å². The highest BCUT2D eigenvalue weighted by Crippen LogP contribution is 2.34. The van der Waals surface area contributed by atoms with Crippen LogP contribution in [0.3, 0.4) is 0 Å². The minimum absolute atomic E-state index is 0.115. The van der Waals surface area contributed by atoms with Crippen molar-refractivity contribution in [3.63, 3.8) is 0 Å². The first kappa shape index (κ1) is 17.2. The first-order valence-electron chi connectivity index (χ1n) is 6.44. The van der Waals surface area contributed by atoms with Crippen molar-refractivity contribution >= 4 is 21.4 Å². The first-order chi connectivity index (χ1) is 9.85. The number of hydrogen-bond donors (Lipinski definition) is 2. The van der Waals surface area contributed by atoms with E-state index in [1.165, 1.54) is 6.07 Å². The van der Waals surface area contributed by atoms with Crippen LogP contribution in [0.25, 0.3) is 0 Å². The number of anilines is 1. The zero-order chi connectivity index (χ0) is 15.9. The van der Waals surface area contributed by atoms with E-state index >= 15 is 0 Å².